The Hall–Kier alpha value is -2.95. The lowest BCUT2D eigenvalue weighted by Crippen LogP contribution is -2.37. The third kappa shape index (κ3) is 6.86. The summed E-state index contributed by atoms with van der Waals surface area (Å²) in [7, 11) is -0.653. The van der Waals surface area contributed by atoms with Crippen LogP contribution in [0, 0.1) is 0 Å². The second-order valence-electron chi connectivity index (χ2n) is 5.81. The Labute approximate surface area is 174 Å². The largest absolute Gasteiger partial charge is 0.493 e. The van der Waals surface area contributed by atoms with Crippen LogP contribution < -0.4 is 25.2 Å². The van der Waals surface area contributed by atoms with Gasteiger partial charge in [0.2, 0.25) is 15.9 Å². The van der Waals surface area contributed by atoms with Gasteiger partial charge < -0.3 is 14.8 Å². The standard InChI is InChI=1S/C19H21N3O5S2/c1-26-16-9-5-13(11-17(16)27-2)6-10-18(23)22-19(28)21-12-14-3-7-15(8-4-14)29(20,24)25/h3-11H,12H2,1-2H3,(H2,20,24,25)(H2,21,22,23,28)/b10-6+. The molecule has 0 spiro atoms. The average molecular weight is 436 g/mol. The molecule has 0 aliphatic rings. The fraction of sp³-hybridized carbons (Fsp3) is 0.158. The molecule has 0 heterocycles. The highest BCUT2D eigenvalue weighted by atomic mass is 32.2. The number of methoxy groups -OCH3 is 2. The number of hydrogen-bond donors (Lipinski definition) is 3. The molecule has 0 atom stereocenters. The number of nitrogens with two attached hydrogens (primary N) is 1. The van der Waals surface area contributed by atoms with E-state index >= 15 is 0 Å². The lowest BCUT2D eigenvalue weighted by Gasteiger charge is -2.09. The molecular weight excluding hydrogens is 414 g/mol. The molecule has 29 heavy (non-hydrogen) atoms. The van der Waals surface area contributed by atoms with Gasteiger partial charge in [-0.05, 0) is 53.7 Å². The van der Waals surface area contributed by atoms with Crippen LogP contribution in [0.4, 0.5) is 0 Å². The van der Waals surface area contributed by atoms with Gasteiger partial charge in [0.1, 0.15) is 0 Å². The molecule has 154 valence electrons. The number of carbonyl (C=O) groups excluding carboxylic acids is 1. The van der Waals surface area contributed by atoms with Crippen molar-refractivity contribution in [3.8, 4) is 11.5 Å². The molecule has 0 bridgehead atoms. The summed E-state index contributed by atoms with van der Waals surface area (Å²) in [6, 6.07) is 11.3. The Balaban J connectivity index is 1.87. The van der Waals surface area contributed by atoms with E-state index in [0.717, 1.165) is 11.1 Å². The SMILES string of the molecule is COc1ccc(/C=C/C(=O)NC(=S)NCc2ccc(S(N)(=O)=O)cc2)cc1OC. The Morgan fingerprint density at radius 2 is 1.76 bits per heavy atom. The maximum Gasteiger partial charge on any atom is 0.250 e. The zero-order chi connectivity index (χ0) is 21.4. The molecule has 0 aromatic heterocycles. The number of carbonyl (C=O) groups is 1. The highest BCUT2D eigenvalue weighted by Crippen LogP contribution is 2.27. The first-order valence-corrected chi connectivity index (χ1v) is 10.3. The number of ether oxygens (including phenoxy) is 2. The van der Waals surface area contributed by atoms with Gasteiger partial charge >= 0.3 is 0 Å². The van der Waals surface area contributed by atoms with Gasteiger partial charge in [-0.25, -0.2) is 13.6 Å². The normalized spacial score (nSPS) is 11.1. The molecule has 2 rings (SSSR count). The van der Waals surface area contributed by atoms with Gasteiger partial charge in [0, 0.05) is 12.6 Å². The Morgan fingerprint density at radius 1 is 1.10 bits per heavy atom. The van der Waals surface area contributed by atoms with Crippen LogP contribution in [-0.4, -0.2) is 33.7 Å². The van der Waals surface area contributed by atoms with E-state index in [4.69, 9.17) is 26.8 Å². The minimum Gasteiger partial charge on any atom is -0.493 e. The predicted octanol–water partition coefficient (Wildman–Crippen LogP) is 1.56. The van der Waals surface area contributed by atoms with Crippen molar-refractivity contribution in [2.45, 2.75) is 11.4 Å². The van der Waals surface area contributed by atoms with E-state index in [-0.39, 0.29) is 10.0 Å². The lowest BCUT2D eigenvalue weighted by molar-refractivity contribution is -0.115. The molecule has 2 aromatic rings. The molecule has 1 amide bonds. The van der Waals surface area contributed by atoms with Gasteiger partial charge in [0.15, 0.2) is 16.6 Å². The number of primary sulfonamides is 1. The summed E-state index contributed by atoms with van der Waals surface area (Å²) >= 11 is 5.09. The first-order chi connectivity index (χ1) is 13.7. The van der Waals surface area contributed by atoms with Gasteiger partial charge in [-0.15, -0.1) is 0 Å². The average Bonchev–Trinajstić information content (AvgIpc) is 2.70. The molecule has 2 aromatic carbocycles. The molecular formula is C19H21N3O5S2. The van der Waals surface area contributed by atoms with E-state index in [2.05, 4.69) is 10.6 Å². The highest BCUT2D eigenvalue weighted by Gasteiger charge is 2.07. The topological polar surface area (TPSA) is 120 Å². The zero-order valence-corrected chi connectivity index (χ0v) is 17.5. The van der Waals surface area contributed by atoms with Crippen molar-refractivity contribution >= 4 is 39.3 Å². The number of benzene rings is 2. The van der Waals surface area contributed by atoms with Gasteiger partial charge in [0.25, 0.3) is 0 Å². The smallest absolute Gasteiger partial charge is 0.250 e. The first kappa shape index (κ1) is 22.3. The molecule has 4 N–H and O–H groups in total. The van der Waals surface area contributed by atoms with E-state index in [1.54, 1.807) is 43.5 Å². The summed E-state index contributed by atoms with van der Waals surface area (Å²) in [5.41, 5.74) is 1.53. The summed E-state index contributed by atoms with van der Waals surface area (Å²) in [5, 5.41) is 10.6. The van der Waals surface area contributed by atoms with Crippen molar-refractivity contribution in [3.63, 3.8) is 0 Å². The van der Waals surface area contributed by atoms with Gasteiger partial charge in [-0.3, -0.25) is 10.1 Å². The van der Waals surface area contributed by atoms with Crippen LogP contribution >= 0.6 is 12.2 Å². The molecule has 0 saturated carbocycles. The summed E-state index contributed by atoms with van der Waals surface area (Å²) in [4.78, 5) is 12.0. The third-order valence-corrected chi connectivity index (χ3v) is 4.95. The minimum atomic E-state index is -3.73. The van der Waals surface area contributed by atoms with Crippen molar-refractivity contribution in [3.05, 3.63) is 59.7 Å². The summed E-state index contributed by atoms with van der Waals surface area (Å²) in [6.07, 6.45) is 2.96. The molecule has 0 fully saturated rings. The fourth-order valence-electron chi connectivity index (χ4n) is 2.31. The number of nitrogens with one attached hydrogen (secondary N) is 2. The molecule has 0 aliphatic heterocycles. The predicted molar refractivity (Wildman–Crippen MR) is 114 cm³/mol. The summed E-state index contributed by atoms with van der Waals surface area (Å²) in [5.74, 6) is 0.749. The van der Waals surface area contributed by atoms with Crippen LogP contribution in [0.15, 0.2) is 53.4 Å². The Kier molecular flexibility index (Phi) is 7.71. The minimum absolute atomic E-state index is 0.0254. The maximum absolute atomic E-state index is 12.0. The zero-order valence-electron chi connectivity index (χ0n) is 15.8. The van der Waals surface area contributed by atoms with Crippen molar-refractivity contribution < 1.29 is 22.7 Å². The molecule has 0 radical (unpaired) electrons. The van der Waals surface area contributed by atoms with E-state index in [1.807, 2.05) is 0 Å². The fourth-order valence-corrected chi connectivity index (χ4v) is 2.99. The monoisotopic (exact) mass is 435 g/mol. The van der Waals surface area contributed by atoms with Gasteiger partial charge in [-0.1, -0.05) is 18.2 Å². The number of thiocarbonyl (C=S) groups is 1. The van der Waals surface area contributed by atoms with Crippen LogP contribution in [-0.2, 0) is 21.4 Å². The van der Waals surface area contributed by atoms with Crippen LogP contribution in [0.5, 0.6) is 11.5 Å². The van der Waals surface area contributed by atoms with Crippen LogP contribution in [0.25, 0.3) is 6.08 Å². The quantitative estimate of drug-likeness (QED) is 0.446. The lowest BCUT2D eigenvalue weighted by atomic mass is 10.2. The van der Waals surface area contributed by atoms with Crippen molar-refractivity contribution in [1.29, 1.82) is 0 Å². The van der Waals surface area contributed by atoms with Crippen LogP contribution in [0.1, 0.15) is 11.1 Å². The summed E-state index contributed by atoms with van der Waals surface area (Å²) in [6.45, 7) is 0.309. The van der Waals surface area contributed by atoms with E-state index in [1.165, 1.54) is 25.3 Å². The summed E-state index contributed by atoms with van der Waals surface area (Å²) < 4.78 is 32.9. The van der Waals surface area contributed by atoms with E-state index in [0.29, 0.717) is 18.0 Å². The van der Waals surface area contributed by atoms with Crippen LogP contribution in [0.2, 0.25) is 0 Å². The number of amides is 1. The molecule has 0 saturated heterocycles. The molecule has 8 nitrogen and oxygen atoms in total. The number of rotatable bonds is 7. The Bertz CT molecular complexity index is 1020. The number of hydrogen-bond acceptors (Lipinski definition) is 6. The molecule has 10 heteroatoms. The molecule has 0 aliphatic carbocycles. The van der Waals surface area contributed by atoms with Crippen molar-refractivity contribution in [2.75, 3.05) is 14.2 Å². The van der Waals surface area contributed by atoms with Gasteiger partial charge in [0.05, 0.1) is 19.1 Å². The van der Waals surface area contributed by atoms with Crippen molar-refractivity contribution in [1.82, 2.24) is 10.6 Å². The number of sulfonamides is 1. The van der Waals surface area contributed by atoms with E-state index in [9.17, 15) is 13.2 Å². The molecule has 0 unspecified atom stereocenters. The second kappa shape index (κ2) is 10.0. The Morgan fingerprint density at radius 3 is 2.34 bits per heavy atom. The second-order valence-corrected chi connectivity index (χ2v) is 7.78. The highest BCUT2D eigenvalue weighted by molar-refractivity contribution is 7.89. The van der Waals surface area contributed by atoms with E-state index < -0.39 is 15.9 Å². The first-order valence-electron chi connectivity index (χ1n) is 8.33. The van der Waals surface area contributed by atoms with Gasteiger partial charge in [-0.2, -0.15) is 0 Å². The third-order valence-electron chi connectivity index (χ3n) is 3.78. The maximum atomic E-state index is 12.0. The van der Waals surface area contributed by atoms with Crippen molar-refractivity contribution in [2.24, 2.45) is 5.14 Å². The van der Waals surface area contributed by atoms with Crippen LogP contribution in [0.3, 0.4) is 0 Å².